The van der Waals surface area contributed by atoms with Gasteiger partial charge in [-0.25, -0.2) is 0 Å². The summed E-state index contributed by atoms with van der Waals surface area (Å²) >= 11 is 1.94. The maximum Gasteiger partial charge on any atom is 0.0157 e. The zero-order valence-electron chi connectivity index (χ0n) is 9.60. The minimum atomic E-state index is 0.692. The summed E-state index contributed by atoms with van der Waals surface area (Å²) in [6.07, 6.45) is 7.41. The van der Waals surface area contributed by atoms with Crippen molar-refractivity contribution in [3.8, 4) is 0 Å². The van der Waals surface area contributed by atoms with Crippen molar-refractivity contribution in [1.82, 2.24) is 5.32 Å². The van der Waals surface area contributed by atoms with Gasteiger partial charge in [0.05, 0.1) is 0 Å². The van der Waals surface area contributed by atoms with Crippen molar-refractivity contribution in [2.24, 2.45) is 0 Å². The van der Waals surface area contributed by atoms with E-state index in [9.17, 15) is 0 Å². The van der Waals surface area contributed by atoms with E-state index in [1.165, 1.54) is 31.4 Å². The lowest BCUT2D eigenvalue weighted by Gasteiger charge is -2.21. The second-order valence-electron chi connectivity index (χ2n) is 3.77. The molecule has 2 heteroatoms. The highest BCUT2D eigenvalue weighted by Crippen LogP contribution is 2.05. The highest BCUT2D eigenvalue weighted by Gasteiger charge is 2.08. The molecule has 0 aliphatic carbocycles. The van der Waals surface area contributed by atoms with Crippen LogP contribution in [0.2, 0.25) is 0 Å². The van der Waals surface area contributed by atoms with Crippen molar-refractivity contribution in [1.29, 1.82) is 0 Å². The van der Waals surface area contributed by atoms with Crippen molar-refractivity contribution in [2.45, 2.75) is 58.5 Å². The van der Waals surface area contributed by atoms with Gasteiger partial charge >= 0.3 is 0 Å². The lowest BCUT2D eigenvalue weighted by atomic mass is 10.1. The van der Waals surface area contributed by atoms with Crippen LogP contribution < -0.4 is 5.32 Å². The van der Waals surface area contributed by atoms with Crippen molar-refractivity contribution < 1.29 is 0 Å². The van der Waals surface area contributed by atoms with Gasteiger partial charge in [-0.2, -0.15) is 11.8 Å². The molecule has 0 aromatic rings. The van der Waals surface area contributed by atoms with Crippen LogP contribution in [-0.4, -0.2) is 24.1 Å². The van der Waals surface area contributed by atoms with E-state index in [0.717, 1.165) is 0 Å². The van der Waals surface area contributed by atoms with Crippen molar-refractivity contribution in [3.05, 3.63) is 0 Å². The summed E-state index contributed by atoms with van der Waals surface area (Å²) in [5.41, 5.74) is 0. The molecule has 0 heterocycles. The topological polar surface area (TPSA) is 12.0 Å². The quantitative estimate of drug-likeness (QED) is 0.649. The normalized spacial score (nSPS) is 15.7. The third kappa shape index (κ3) is 7.39. The molecule has 1 nitrogen and oxygen atoms in total. The summed E-state index contributed by atoms with van der Waals surface area (Å²) in [7, 11) is 0. The lowest BCUT2D eigenvalue weighted by Crippen LogP contribution is -2.37. The number of hydrogen-bond acceptors (Lipinski definition) is 2. The average molecular weight is 203 g/mol. The number of unbranched alkanes of at least 4 members (excludes halogenated alkanes) is 1. The predicted molar refractivity (Wildman–Crippen MR) is 64.6 cm³/mol. The maximum absolute atomic E-state index is 3.68. The third-order valence-corrected chi connectivity index (χ3v) is 3.11. The zero-order valence-corrected chi connectivity index (χ0v) is 10.4. The van der Waals surface area contributed by atoms with Crippen LogP contribution in [0.25, 0.3) is 0 Å². The van der Waals surface area contributed by atoms with E-state index >= 15 is 0 Å². The van der Waals surface area contributed by atoms with Gasteiger partial charge in [0.15, 0.2) is 0 Å². The fourth-order valence-corrected chi connectivity index (χ4v) is 2.22. The van der Waals surface area contributed by atoms with E-state index in [1.54, 1.807) is 0 Å². The Balaban J connectivity index is 3.53. The largest absolute Gasteiger partial charge is 0.311 e. The summed E-state index contributed by atoms with van der Waals surface area (Å²) in [4.78, 5) is 0. The summed E-state index contributed by atoms with van der Waals surface area (Å²) in [6.45, 7) is 6.82. The molecule has 13 heavy (non-hydrogen) atoms. The molecule has 0 amide bonds. The molecule has 1 N–H and O–H groups in total. The SMILES string of the molecule is CCCCC(C)NC(CC)CSC. The molecule has 0 aromatic carbocycles. The highest BCUT2D eigenvalue weighted by molar-refractivity contribution is 7.98. The van der Waals surface area contributed by atoms with E-state index in [2.05, 4.69) is 32.3 Å². The maximum atomic E-state index is 3.68. The first kappa shape index (κ1) is 13.3. The molecular weight excluding hydrogens is 178 g/mol. The number of rotatable bonds is 8. The minimum absolute atomic E-state index is 0.692. The molecule has 0 radical (unpaired) electrons. The number of thioether (sulfide) groups is 1. The van der Waals surface area contributed by atoms with Crippen molar-refractivity contribution >= 4 is 11.8 Å². The Bertz CT molecular complexity index is 106. The van der Waals surface area contributed by atoms with Gasteiger partial charge in [0, 0.05) is 17.8 Å². The minimum Gasteiger partial charge on any atom is -0.311 e. The first-order valence-electron chi connectivity index (χ1n) is 5.49. The first-order chi connectivity index (χ1) is 6.24. The predicted octanol–water partition coefficient (Wildman–Crippen LogP) is 3.30. The zero-order chi connectivity index (χ0) is 10.1. The molecule has 0 aliphatic heterocycles. The Kier molecular flexibility index (Phi) is 9.10. The molecule has 0 aromatic heterocycles. The smallest absolute Gasteiger partial charge is 0.0157 e. The van der Waals surface area contributed by atoms with Crippen LogP contribution in [0.1, 0.15) is 46.5 Å². The Hall–Kier alpha value is 0.310. The standard InChI is InChI=1S/C11H25NS/c1-5-7-8-10(3)12-11(6-2)9-13-4/h10-12H,5-9H2,1-4H3. The van der Waals surface area contributed by atoms with Gasteiger partial charge in [0.1, 0.15) is 0 Å². The van der Waals surface area contributed by atoms with E-state index < -0.39 is 0 Å². The van der Waals surface area contributed by atoms with Gasteiger partial charge in [0.25, 0.3) is 0 Å². The van der Waals surface area contributed by atoms with Gasteiger partial charge in [0.2, 0.25) is 0 Å². The van der Waals surface area contributed by atoms with E-state index in [-0.39, 0.29) is 0 Å². The lowest BCUT2D eigenvalue weighted by molar-refractivity contribution is 0.432. The van der Waals surface area contributed by atoms with Crippen LogP contribution in [0.3, 0.4) is 0 Å². The fourth-order valence-electron chi connectivity index (χ4n) is 1.48. The monoisotopic (exact) mass is 203 g/mol. The second-order valence-corrected chi connectivity index (χ2v) is 4.68. The molecule has 0 rings (SSSR count). The van der Waals surface area contributed by atoms with Gasteiger partial charge in [-0.3, -0.25) is 0 Å². The summed E-state index contributed by atoms with van der Waals surface area (Å²) in [5.74, 6) is 1.24. The number of nitrogens with one attached hydrogen (secondary N) is 1. The molecule has 0 aliphatic rings. The van der Waals surface area contributed by atoms with Crippen LogP contribution in [0.5, 0.6) is 0 Å². The van der Waals surface area contributed by atoms with Crippen LogP contribution in [0.4, 0.5) is 0 Å². The summed E-state index contributed by atoms with van der Waals surface area (Å²) in [6, 6.07) is 1.40. The summed E-state index contributed by atoms with van der Waals surface area (Å²) < 4.78 is 0. The van der Waals surface area contributed by atoms with Crippen LogP contribution in [0.15, 0.2) is 0 Å². The van der Waals surface area contributed by atoms with Crippen molar-refractivity contribution in [2.75, 3.05) is 12.0 Å². The molecule has 0 saturated carbocycles. The first-order valence-corrected chi connectivity index (χ1v) is 6.88. The molecule has 0 fully saturated rings. The van der Waals surface area contributed by atoms with Gasteiger partial charge < -0.3 is 5.32 Å². The Morgan fingerprint density at radius 1 is 1.31 bits per heavy atom. The van der Waals surface area contributed by atoms with Crippen LogP contribution in [-0.2, 0) is 0 Å². The molecule has 2 atom stereocenters. The van der Waals surface area contributed by atoms with Crippen LogP contribution >= 0.6 is 11.8 Å². The molecule has 0 bridgehead atoms. The molecule has 0 spiro atoms. The Morgan fingerprint density at radius 2 is 2.00 bits per heavy atom. The average Bonchev–Trinajstić information content (AvgIpc) is 2.14. The third-order valence-electron chi connectivity index (χ3n) is 2.37. The van der Waals surface area contributed by atoms with Gasteiger partial charge in [-0.1, -0.05) is 26.7 Å². The number of hydrogen-bond donors (Lipinski definition) is 1. The van der Waals surface area contributed by atoms with E-state index in [1.807, 2.05) is 11.8 Å². The van der Waals surface area contributed by atoms with E-state index in [0.29, 0.717) is 12.1 Å². The van der Waals surface area contributed by atoms with Crippen molar-refractivity contribution in [3.63, 3.8) is 0 Å². The van der Waals surface area contributed by atoms with E-state index in [4.69, 9.17) is 0 Å². The second kappa shape index (κ2) is 8.89. The molecular formula is C11H25NS. The van der Waals surface area contributed by atoms with Gasteiger partial charge in [-0.15, -0.1) is 0 Å². The fraction of sp³-hybridized carbons (Fsp3) is 1.00. The molecule has 2 unspecified atom stereocenters. The van der Waals surface area contributed by atoms with Gasteiger partial charge in [-0.05, 0) is 26.0 Å². The molecule has 80 valence electrons. The Labute approximate surface area is 88.1 Å². The summed E-state index contributed by atoms with van der Waals surface area (Å²) in [5, 5.41) is 3.68. The highest BCUT2D eigenvalue weighted by atomic mass is 32.2. The molecule has 0 saturated heterocycles. The Morgan fingerprint density at radius 3 is 2.46 bits per heavy atom. The van der Waals surface area contributed by atoms with Crippen LogP contribution in [0, 0.1) is 0 Å².